The van der Waals surface area contributed by atoms with Gasteiger partial charge in [-0.3, -0.25) is 0 Å². The predicted octanol–water partition coefficient (Wildman–Crippen LogP) is 1.49. The second-order valence-corrected chi connectivity index (χ2v) is 4.37. The highest BCUT2D eigenvalue weighted by Gasteiger charge is 2.06. The summed E-state index contributed by atoms with van der Waals surface area (Å²) >= 11 is 1.74. The first-order valence-corrected chi connectivity index (χ1v) is 5.16. The SMILES string of the molecule is Cc1ccc(Cc2nc(CN)no2)s1. The van der Waals surface area contributed by atoms with Crippen molar-refractivity contribution in [3.8, 4) is 0 Å². The minimum Gasteiger partial charge on any atom is -0.339 e. The van der Waals surface area contributed by atoms with Crippen molar-refractivity contribution in [3.05, 3.63) is 33.6 Å². The summed E-state index contributed by atoms with van der Waals surface area (Å²) in [5, 5.41) is 3.73. The van der Waals surface area contributed by atoms with Crippen LogP contribution in [0.4, 0.5) is 0 Å². The molecule has 0 unspecified atom stereocenters. The van der Waals surface area contributed by atoms with Gasteiger partial charge in [-0.1, -0.05) is 5.16 Å². The molecular weight excluding hydrogens is 198 g/mol. The van der Waals surface area contributed by atoms with E-state index < -0.39 is 0 Å². The zero-order valence-corrected chi connectivity index (χ0v) is 8.67. The largest absolute Gasteiger partial charge is 0.339 e. The number of aryl methyl sites for hydroxylation is 1. The highest BCUT2D eigenvalue weighted by atomic mass is 32.1. The van der Waals surface area contributed by atoms with Crippen LogP contribution in [0.5, 0.6) is 0 Å². The molecule has 2 aromatic heterocycles. The minimum absolute atomic E-state index is 0.326. The number of nitrogens with zero attached hydrogens (tertiary/aromatic N) is 2. The minimum atomic E-state index is 0.326. The van der Waals surface area contributed by atoms with Gasteiger partial charge in [0.2, 0.25) is 5.89 Å². The molecule has 0 bridgehead atoms. The summed E-state index contributed by atoms with van der Waals surface area (Å²) in [5.41, 5.74) is 5.38. The molecule has 0 aliphatic carbocycles. The Balaban J connectivity index is 2.10. The van der Waals surface area contributed by atoms with E-state index in [9.17, 15) is 0 Å². The van der Waals surface area contributed by atoms with Crippen LogP contribution in [0, 0.1) is 6.92 Å². The highest BCUT2D eigenvalue weighted by molar-refractivity contribution is 7.11. The number of rotatable bonds is 3. The van der Waals surface area contributed by atoms with Crippen LogP contribution in [0.25, 0.3) is 0 Å². The van der Waals surface area contributed by atoms with Gasteiger partial charge in [0.05, 0.1) is 13.0 Å². The lowest BCUT2D eigenvalue weighted by Gasteiger charge is -1.87. The number of thiophene rings is 1. The summed E-state index contributed by atoms with van der Waals surface area (Å²) in [5.74, 6) is 1.19. The topological polar surface area (TPSA) is 64.9 Å². The van der Waals surface area contributed by atoms with E-state index >= 15 is 0 Å². The molecule has 0 aliphatic rings. The third-order valence-corrected chi connectivity index (χ3v) is 2.81. The number of aromatic nitrogens is 2. The molecule has 14 heavy (non-hydrogen) atoms. The Labute approximate surface area is 85.7 Å². The van der Waals surface area contributed by atoms with Gasteiger partial charge < -0.3 is 10.3 Å². The first-order chi connectivity index (χ1) is 6.78. The molecule has 4 nitrogen and oxygen atoms in total. The van der Waals surface area contributed by atoms with Crippen molar-refractivity contribution in [2.45, 2.75) is 19.9 Å². The fourth-order valence-electron chi connectivity index (χ4n) is 1.17. The lowest BCUT2D eigenvalue weighted by molar-refractivity contribution is 0.380. The van der Waals surface area contributed by atoms with Gasteiger partial charge in [-0.25, -0.2) is 0 Å². The van der Waals surface area contributed by atoms with Gasteiger partial charge in [0.15, 0.2) is 5.82 Å². The zero-order chi connectivity index (χ0) is 9.97. The summed E-state index contributed by atoms with van der Waals surface area (Å²) in [6.45, 7) is 2.40. The fourth-order valence-corrected chi connectivity index (χ4v) is 2.06. The maximum Gasteiger partial charge on any atom is 0.231 e. The Kier molecular flexibility index (Phi) is 2.60. The van der Waals surface area contributed by atoms with E-state index in [-0.39, 0.29) is 0 Å². The van der Waals surface area contributed by atoms with Crippen LogP contribution in [0.1, 0.15) is 21.5 Å². The molecule has 74 valence electrons. The van der Waals surface area contributed by atoms with Crippen LogP contribution in [-0.2, 0) is 13.0 Å². The van der Waals surface area contributed by atoms with Crippen molar-refractivity contribution in [1.29, 1.82) is 0 Å². The predicted molar refractivity (Wildman–Crippen MR) is 54.1 cm³/mol. The first kappa shape index (κ1) is 9.36. The van der Waals surface area contributed by atoms with E-state index in [1.807, 2.05) is 0 Å². The molecule has 2 N–H and O–H groups in total. The van der Waals surface area contributed by atoms with E-state index in [4.69, 9.17) is 10.3 Å². The first-order valence-electron chi connectivity index (χ1n) is 4.35. The van der Waals surface area contributed by atoms with Gasteiger partial charge in [0.1, 0.15) is 0 Å². The highest BCUT2D eigenvalue weighted by Crippen LogP contribution is 2.17. The average Bonchev–Trinajstić information content (AvgIpc) is 2.76. The normalized spacial score (nSPS) is 10.7. The van der Waals surface area contributed by atoms with E-state index in [0.29, 0.717) is 24.7 Å². The van der Waals surface area contributed by atoms with Crippen LogP contribution in [0.15, 0.2) is 16.7 Å². The quantitative estimate of drug-likeness (QED) is 0.831. The van der Waals surface area contributed by atoms with Crippen molar-refractivity contribution in [2.75, 3.05) is 0 Å². The van der Waals surface area contributed by atoms with Crippen molar-refractivity contribution in [3.63, 3.8) is 0 Å². The standard InChI is InChI=1S/C9H11N3OS/c1-6-2-3-7(14-6)4-9-11-8(5-10)12-13-9/h2-3H,4-5,10H2,1H3. The third kappa shape index (κ3) is 2.00. The van der Waals surface area contributed by atoms with Gasteiger partial charge in [0, 0.05) is 9.75 Å². The lowest BCUT2D eigenvalue weighted by Crippen LogP contribution is -1.98. The van der Waals surface area contributed by atoms with Crippen molar-refractivity contribution in [1.82, 2.24) is 10.1 Å². The molecule has 0 radical (unpaired) electrons. The lowest BCUT2D eigenvalue weighted by atomic mass is 10.3. The molecule has 0 amide bonds. The van der Waals surface area contributed by atoms with Crippen LogP contribution < -0.4 is 5.73 Å². The number of hydrogen-bond donors (Lipinski definition) is 1. The summed E-state index contributed by atoms with van der Waals surface area (Å²) in [7, 11) is 0. The van der Waals surface area contributed by atoms with E-state index in [2.05, 4.69) is 29.2 Å². The molecule has 0 saturated heterocycles. The van der Waals surface area contributed by atoms with Gasteiger partial charge in [0.25, 0.3) is 0 Å². The van der Waals surface area contributed by atoms with Crippen LogP contribution in [0.2, 0.25) is 0 Å². The van der Waals surface area contributed by atoms with Crippen LogP contribution in [0.3, 0.4) is 0 Å². The molecular formula is C9H11N3OS. The molecule has 0 aromatic carbocycles. The molecule has 2 aromatic rings. The van der Waals surface area contributed by atoms with Gasteiger partial charge >= 0.3 is 0 Å². The Bertz CT molecular complexity index is 421. The molecule has 0 spiro atoms. The summed E-state index contributed by atoms with van der Waals surface area (Å²) in [6, 6.07) is 4.16. The summed E-state index contributed by atoms with van der Waals surface area (Å²) < 4.78 is 5.03. The van der Waals surface area contributed by atoms with Crippen LogP contribution >= 0.6 is 11.3 Å². The monoisotopic (exact) mass is 209 g/mol. The van der Waals surface area contributed by atoms with Gasteiger partial charge in [-0.2, -0.15) is 4.98 Å². The fraction of sp³-hybridized carbons (Fsp3) is 0.333. The third-order valence-electron chi connectivity index (χ3n) is 1.81. The Morgan fingerprint density at radius 2 is 2.36 bits per heavy atom. The van der Waals surface area contributed by atoms with Crippen LogP contribution in [-0.4, -0.2) is 10.1 Å². The van der Waals surface area contributed by atoms with E-state index in [0.717, 1.165) is 0 Å². The van der Waals surface area contributed by atoms with Gasteiger partial charge in [-0.15, -0.1) is 11.3 Å². The van der Waals surface area contributed by atoms with E-state index in [1.165, 1.54) is 9.75 Å². The Hall–Kier alpha value is -1.20. The van der Waals surface area contributed by atoms with E-state index in [1.54, 1.807) is 11.3 Å². The Morgan fingerprint density at radius 3 is 2.93 bits per heavy atom. The summed E-state index contributed by atoms with van der Waals surface area (Å²) in [6.07, 6.45) is 0.700. The van der Waals surface area contributed by atoms with Gasteiger partial charge in [-0.05, 0) is 19.1 Å². The molecule has 0 aliphatic heterocycles. The smallest absolute Gasteiger partial charge is 0.231 e. The second-order valence-electron chi connectivity index (χ2n) is 3.00. The Morgan fingerprint density at radius 1 is 1.50 bits per heavy atom. The van der Waals surface area contributed by atoms with Crippen molar-refractivity contribution < 1.29 is 4.52 Å². The molecule has 5 heteroatoms. The average molecular weight is 209 g/mol. The molecule has 0 fully saturated rings. The molecule has 0 atom stereocenters. The van der Waals surface area contributed by atoms with Crippen molar-refractivity contribution >= 4 is 11.3 Å². The number of nitrogens with two attached hydrogens (primary N) is 1. The molecule has 2 heterocycles. The van der Waals surface area contributed by atoms with Crippen molar-refractivity contribution in [2.24, 2.45) is 5.73 Å². The maximum atomic E-state index is 5.38. The zero-order valence-electron chi connectivity index (χ0n) is 7.86. The number of hydrogen-bond acceptors (Lipinski definition) is 5. The second kappa shape index (κ2) is 3.89. The summed E-state index contributed by atoms with van der Waals surface area (Å²) in [4.78, 5) is 6.66. The molecule has 2 rings (SSSR count). The molecule has 0 saturated carbocycles. The maximum absolute atomic E-state index is 5.38.